The Balaban J connectivity index is 1.24. The third-order valence-corrected chi connectivity index (χ3v) is 8.68. The Kier molecular flexibility index (Phi) is 7.97. The zero-order chi connectivity index (χ0) is 28.0. The molecule has 3 heterocycles. The minimum absolute atomic E-state index is 0.0282. The maximum Gasteiger partial charge on any atom is 0.169 e. The van der Waals surface area contributed by atoms with Crippen LogP contribution in [0.2, 0.25) is 0 Å². The lowest BCUT2D eigenvalue weighted by molar-refractivity contribution is 0.278. The fourth-order valence-corrected chi connectivity index (χ4v) is 6.62. The summed E-state index contributed by atoms with van der Waals surface area (Å²) in [6, 6.07) is 28.7. The van der Waals surface area contributed by atoms with Gasteiger partial charge in [-0.2, -0.15) is 0 Å². The summed E-state index contributed by atoms with van der Waals surface area (Å²) in [4.78, 5) is 8.79. The van der Waals surface area contributed by atoms with E-state index in [0.29, 0.717) is 23.9 Å². The standard InChI is InChI=1S/C32H31N5O3S/c1-39-30-18-26(35-32-31-28(33-23-34-32)14-15-36(31)16-17-38)12-13-29(30)40-27-20-37(19-24-8-4-2-5-9-24)41(22-27)21-25-10-6-3-7-11-25/h2-15,18,20,22-23,38H,16-17,19,21H2,1H3,(H,33,34,35). The minimum Gasteiger partial charge on any atom is -0.493 e. The number of benzene rings is 3. The molecule has 2 aromatic heterocycles. The molecule has 1 aliphatic heterocycles. The van der Waals surface area contributed by atoms with Crippen molar-refractivity contribution < 1.29 is 14.6 Å². The molecule has 6 rings (SSSR count). The van der Waals surface area contributed by atoms with Crippen molar-refractivity contribution in [1.82, 2.24) is 18.8 Å². The largest absolute Gasteiger partial charge is 0.493 e. The van der Waals surface area contributed by atoms with Crippen LogP contribution in [-0.4, -0.2) is 43.0 Å². The van der Waals surface area contributed by atoms with Gasteiger partial charge in [0.15, 0.2) is 23.1 Å². The fourth-order valence-electron chi connectivity index (χ4n) is 4.77. The number of rotatable bonds is 11. The van der Waals surface area contributed by atoms with Crippen molar-refractivity contribution in [2.75, 3.05) is 19.0 Å². The number of aliphatic hydroxyl groups excluding tert-OH is 1. The molecule has 0 spiro atoms. The van der Waals surface area contributed by atoms with Gasteiger partial charge < -0.3 is 28.8 Å². The molecule has 2 N–H and O–H groups in total. The number of anilines is 2. The summed E-state index contributed by atoms with van der Waals surface area (Å²) in [7, 11) is 1.46. The van der Waals surface area contributed by atoms with Gasteiger partial charge in [-0.15, -0.1) is 0 Å². The molecule has 0 amide bonds. The zero-order valence-electron chi connectivity index (χ0n) is 22.7. The summed E-state index contributed by atoms with van der Waals surface area (Å²) in [5, 5.41) is 15.0. The van der Waals surface area contributed by atoms with Crippen LogP contribution in [0.25, 0.3) is 11.0 Å². The SMILES string of the molecule is COc1cc(Nc2ncnc3ccn(CCO)c23)ccc1OC1=CN(Cc2ccccc2)S(Cc2ccccc2)=C1. The molecule has 0 fully saturated rings. The first-order valence-corrected chi connectivity index (χ1v) is 14.8. The Bertz CT molecular complexity index is 1700. The van der Waals surface area contributed by atoms with Gasteiger partial charge in [0.1, 0.15) is 11.8 Å². The summed E-state index contributed by atoms with van der Waals surface area (Å²) in [5.74, 6) is 3.57. The average molecular weight is 566 g/mol. The molecule has 41 heavy (non-hydrogen) atoms. The molecular formula is C32H31N5O3S. The highest BCUT2D eigenvalue weighted by Gasteiger charge is 2.19. The minimum atomic E-state index is -0.170. The summed E-state index contributed by atoms with van der Waals surface area (Å²) < 4.78 is 16.4. The first-order chi connectivity index (χ1) is 20.2. The van der Waals surface area contributed by atoms with Gasteiger partial charge in [-0.3, -0.25) is 0 Å². The van der Waals surface area contributed by atoms with Crippen LogP contribution < -0.4 is 14.8 Å². The van der Waals surface area contributed by atoms with Crippen molar-refractivity contribution in [3.05, 3.63) is 121 Å². The topological polar surface area (TPSA) is 84.7 Å². The number of hydrogen-bond donors (Lipinski definition) is 2. The average Bonchev–Trinajstić information content (AvgIpc) is 3.59. The van der Waals surface area contributed by atoms with Crippen molar-refractivity contribution in [2.24, 2.45) is 0 Å². The van der Waals surface area contributed by atoms with Crippen LogP contribution in [0, 0.1) is 0 Å². The van der Waals surface area contributed by atoms with E-state index in [9.17, 15) is 5.11 Å². The van der Waals surface area contributed by atoms with Crippen molar-refractivity contribution in [2.45, 2.75) is 18.8 Å². The quantitative estimate of drug-likeness (QED) is 0.187. The number of nitrogens with zero attached hydrogens (tertiary/aromatic N) is 4. The maximum absolute atomic E-state index is 9.45. The fraction of sp³-hybridized carbons (Fsp3) is 0.156. The molecule has 0 bridgehead atoms. The lowest BCUT2D eigenvalue weighted by atomic mass is 10.2. The molecule has 1 aliphatic rings. The van der Waals surface area contributed by atoms with Crippen LogP contribution in [0.1, 0.15) is 11.1 Å². The number of aromatic nitrogens is 3. The second-order valence-corrected chi connectivity index (χ2v) is 11.3. The summed E-state index contributed by atoms with van der Waals surface area (Å²) in [6.07, 6.45) is 5.52. The molecule has 5 aromatic rings. The number of methoxy groups -OCH3 is 1. The lowest BCUT2D eigenvalue weighted by Crippen LogP contribution is -2.09. The zero-order valence-corrected chi connectivity index (χ0v) is 23.5. The maximum atomic E-state index is 9.45. The molecule has 1 atom stereocenters. The van der Waals surface area contributed by atoms with Crippen LogP contribution in [0.4, 0.5) is 11.5 Å². The lowest BCUT2D eigenvalue weighted by Gasteiger charge is -2.21. The molecule has 3 aromatic carbocycles. The number of fused-ring (bicyclic) bond motifs is 1. The highest BCUT2D eigenvalue weighted by molar-refractivity contribution is 8.12. The van der Waals surface area contributed by atoms with Gasteiger partial charge in [-0.1, -0.05) is 71.3 Å². The third kappa shape index (κ3) is 6.11. The predicted molar refractivity (Wildman–Crippen MR) is 165 cm³/mol. The Morgan fingerprint density at radius 1 is 0.902 bits per heavy atom. The Labute approximate surface area is 241 Å². The van der Waals surface area contributed by atoms with E-state index in [1.54, 1.807) is 7.11 Å². The second kappa shape index (κ2) is 12.3. The van der Waals surface area contributed by atoms with E-state index in [1.165, 1.54) is 17.5 Å². The van der Waals surface area contributed by atoms with E-state index in [2.05, 4.69) is 79.7 Å². The molecule has 208 valence electrons. The molecule has 9 heteroatoms. The molecule has 0 radical (unpaired) electrons. The van der Waals surface area contributed by atoms with E-state index < -0.39 is 0 Å². The highest BCUT2D eigenvalue weighted by Crippen LogP contribution is 2.37. The van der Waals surface area contributed by atoms with E-state index >= 15 is 0 Å². The van der Waals surface area contributed by atoms with Gasteiger partial charge in [0.05, 0.1) is 32.0 Å². The monoisotopic (exact) mass is 565 g/mol. The van der Waals surface area contributed by atoms with Gasteiger partial charge in [-0.25, -0.2) is 9.97 Å². The molecule has 0 aliphatic carbocycles. The Morgan fingerprint density at radius 3 is 2.44 bits per heavy atom. The van der Waals surface area contributed by atoms with Crippen molar-refractivity contribution >= 4 is 38.6 Å². The summed E-state index contributed by atoms with van der Waals surface area (Å²) in [6.45, 7) is 1.28. The van der Waals surface area contributed by atoms with Gasteiger partial charge in [0.2, 0.25) is 0 Å². The Hall–Kier alpha value is -4.60. The number of aliphatic hydroxyl groups is 1. The Morgan fingerprint density at radius 2 is 1.68 bits per heavy atom. The summed E-state index contributed by atoms with van der Waals surface area (Å²) >= 11 is 0. The van der Waals surface area contributed by atoms with Gasteiger partial charge in [-0.05, 0) is 29.3 Å². The van der Waals surface area contributed by atoms with Gasteiger partial charge in [0, 0.05) is 35.6 Å². The highest BCUT2D eigenvalue weighted by atomic mass is 32.2. The van der Waals surface area contributed by atoms with Crippen LogP contribution >= 0.6 is 10.7 Å². The van der Waals surface area contributed by atoms with E-state index in [4.69, 9.17) is 9.47 Å². The van der Waals surface area contributed by atoms with E-state index in [1.807, 2.05) is 47.2 Å². The third-order valence-electron chi connectivity index (χ3n) is 6.71. The number of allylic oxidation sites excluding steroid dienone is 1. The predicted octanol–water partition coefficient (Wildman–Crippen LogP) is 6.10. The first kappa shape index (κ1) is 26.6. The number of hydrogen-bond acceptors (Lipinski definition) is 7. The smallest absolute Gasteiger partial charge is 0.169 e. The summed E-state index contributed by atoms with van der Waals surface area (Å²) in [5.41, 5.74) is 4.97. The van der Waals surface area contributed by atoms with E-state index in [0.717, 1.165) is 34.8 Å². The van der Waals surface area contributed by atoms with Crippen LogP contribution in [-0.2, 0) is 18.8 Å². The normalized spacial score (nSPS) is 14.5. The van der Waals surface area contributed by atoms with Crippen LogP contribution in [0.3, 0.4) is 0 Å². The number of nitrogens with one attached hydrogen (secondary N) is 1. The van der Waals surface area contributed by atoms with Gasteiger partial charge in [0.25, 0.3) is 0 Å². The van der Waals surface area contributed by atoms with Crippen molar-refractivity contribution in [1.29, 1.82) is 0 Å². The van der Waals surface area contributed by atoms with Crippen LogP contribution in [0.5, 0.6) is 11.5 Å². The molecule has 1 unspecified atom stereocenters. The molecule has 0 saturated carbocycles. The van der Waals surface area contributed by atoms with Crippen molar-refractivity contribution in [3.63, 3.8) is 0 Å². The molecular weight excluding hydrogens is 534 g/mol. The molecule has 0 saturated heterocycles. The first-order valence-electron chi connectivity index (χ1n) is 13.3. The van der Waals surface area contributed by atoms with Crippen molar-refractivity contribution in [3.8, 4) is 11.5 Å². The van der Waals surface area contributed by atoms with Crippen LogP contribution in [0.15, 0.2) is 109 Å². The second-order valence-electron chi connectivity index (χ2n) is 9.52. The number of ether oxygens (including phenoxy) is 2. The van der Waals surface area contributed by atoms with E-state index in [-0.39, 0.29) is 17.3 Å². The molecule has 8 nitrogen and oxygen atoms in total. The van der Waals surface area contributed by atoms with Gasteiger partial charge >= 0.3 is 0 Å².